The van der Waals surface area contributed by atoms with Crippen molar-refractivity contribution in [3.8, 4) is 0 Å². The number of thiophene rings is 1. The molecule has 0 radical (unpaired) electrons. The van der Waals surface area contributed by atoms with Gasteiger partial charge in [0, 0.05) is 21.3 Å². The van der Waals surface area contributed by atoms with Gasteiger partial charge in [0.15, 0.2) is 0 Å². The van der Waals surface area contributed by atoms with Gasteiger partial charge in [0.1, 0.15) is 0 Å². The Morgan fingerprint density at radius 3 is 2.76 bits per heavy atom. The molecule has 1 aromatic carbocycles. The monoisotopic (exact) mass is 388 g/mol. The fourth-order valence-corrected chi connectivity index (χ4v) is 4.57. The number of halogens is 1. The highest BCUT2D eigenvalue weighted by Gasteiger charge is 2.17. The average Bonchev–Trinajstić information content (AvgIpc) is 2.91. The lowest BCUT2D eigenvalue weighted by molar-refractivity contribution is 0.601. The van der Waals surface area contributed by atoms with Gasteiger partial charge in [-0.1, -0.05) is 19.1 Å². The van der Waals surface area contributed by atoms with E-state index in [2.05, 4.69) is 32.9 Å². The predicted octanol–water partition coefficient (Wildman–Crippen LogP) is 3.81. The van der Waals surface area contributed by atoms with E-state index in [-0.39, 0.29) is 0 Å². The van der Waals surface area contributed by atoms with Gasteiger partial charge in [0.25, 0.3) is 10.0 Å². The van der Waals surface area contributed by atoms with Crippen molar-refractivity contribution in [1.82, 2.24) is 5.32 Å². The third kappa shape index (κ3) is 4.54. The molecule has 2 aromatic rings. The van der Waals surface area contributed by atoms with Crippen LogP contribution in [-0.4, -0.2) is 15.0 Å². The summed E-state index contributed by atoms with van der Waals surface area (Å²) in [5.74, 6) is 0. The van der Waals surface area contributed by atoms with Crippen molar-refractivity contribution < 1.29 is 8.42 Å². The van der Waals surface area contributed by atoms with Crippen LogP contribution in [0.5, 0.6) is 0 Å². The van der Waals surface area contributed by atoms with Crippen LogP contribution in [0, 0.1) is 0 Å². The Kier molecular flexibility index (Phi) is 5.80. The van der Waals surface area contributed by atoms with E-state index in [0.29, 0.717) is 21.6 Å². The quantitative estimate of drug-likeness (QED) is 0.708. The summed E-state index contributed by atoms with van der Waals surface area (Å²) < 4.78 is 28.0. The fraction of sp³-hybridized carbons (Fsp3) is 0.286. The topological polar surface area (TPSA) is 58.2 Å². The second kappa shape index (κ2) is 7.40. The van der Waals surface area contributed by atoms with E-state index in [4.69, 9.17) is 0 Å². The first-order valence-electron chi connectivity index (χ1n) is 6.58. The van der Waals surface area contributed by atoms with Crippen molar-refractivity contribution in [2.24, 2.45) is 0 Å². The van der Waals surface area contributed by atoms with Crippen molar-refractivity contribution in [2.45, 2.75) is 24.8 Å². The number of nitrogens with one attached hydrogen (secondary N) is 2. The van der Waals surface area contributed by atoms with Crippen LogP contribution < -0.4 is 10.0 Å². The highest BCUT2D eigenvalue weighted by molar-refractivity contribution is 9.10. The first-order valence-corrected chi connectivity index (χ1v) is 9.74. The fourth-order valence-electron chi connectivity index (χ4n) is 1.73. The molecule has 2 N–H and O–H groups in total. The summed E-state index contributed by atoms with van der Waals surface area (Å²) in [6.07, 6.45) is 1.06. The summed E-state index contributed by atoms with van der Waals surface area (Å²) in [6, 6.07) is 8.86. The second-order valence-corrected chi connectivity index (χ2v) is 8.04. The molecule has 0 unspecified atom stereocenters. The zero-order valence-corrected chi connectivity index (χ0v) is 14.8. The van der Waals surface area contributed by atoms with E-state index >= 15 is 0 Å². The summed E-state index contributed by atoms with van der Waals surface area (Å²) in [7, 11) is -3.54. The molecule has 0 spiro atoms. The van der Waals surface area contributed by atoms with Crippen molar-refractivity contribution >= 4 is 43.0 Å². The molecule has 21 heavy (non-hydrogen) atoms. The molecule has 0 saturated carbocycles. The Hall–Kier alpha value is -0.890. The standard InChI is InChI=1S/C14H17BrN2O2S2/c1-2-7-16-9-11-8-12(10-20-11)21(18,19)17-14-6-4-3-5-13(14)15/h3-6,8,10,16-17H,2,7,9H2,1H3. The van der Waals surface area contributed by atoms with Crippen molar-refractivity contribution in [3.63, 3.8) is 0 Å². The minimum atomic E-state index is -3.54. The third-order valence-corrected chi connectivity index (χ3v) is 5.91. The van der Waals surface area contributed by atoms with Crippen LogP contribution >= 0.6 is 27.3 Å². The first kappa shape index (κ1) is 16.5. The number of rotatable bonds is 7. The number of hydrogen-bond donors (Lipinski definition) is 2. The van der Waals surface area contributed by atoms with Crippen LogP contribution in [0.25, 0.3) is 0 Å². The molecule has 0 saturated heterocycles. The Balaban J connectivity index is 2.11. The normalized spacial score (nSPS) is 11.5. The van der Waals surface area contributed by atoms with Crippen molar-refractivity contribution in [3.05, 3.63) is 45.1 Å². The lowest BCUT2D eigenvalue weighted by Crippen LogP contribution is -2.14. The molecule has 7 heteroatoms. The summed E-state index contributed by atoms with van der Waals surface area (Å²) in [6.45, 7) is 3.72. The molecule has 0 aliphatic carbocycles. The number of benzene rings is 1. The zero-order valence-electron chi connectivity index (χ0n) is 11.6. The molecule has 0 amide bonds. The lowest BCUT2D eigenvalue weighted by Gasteiger charge is -2.08. The summed E-state index contributed by atoms with van der Waals surface area (Å²) in [5, 5.41) is 4.93. The van der Waals surface area contributed by atoms with Crippen molar-refractivity contribution in [1.29, 1.82) is 0 Å². The van der Waals surface area contributed by atoms with Crippen LogP contribution in [-0.2, 0) is 16.6 Å². The first-order chi connectivity index (χ1) is 10.0. The summed E-state index contributed by atoms with van der Waals surface area (Å²) in [4.78, 5) is 1.31. The van der Waals surface area contributed by atoms with E-state index in [1.807, 2.05) is 6.07 Å². The predicted molar refractivity (Wildman–Crippen MR) is 91.3 cm³/mol. The highest BCUT2D eigenvalue weighted by Crippen LogP contribution is 2.26. The average molecular weight is 389 g/mol. The second-order valence-electron chi connectivity index (χ2n) is 4.51. The van der Waals surface area contributed by atoms with E-state index in [1.165, 1.54) is 11.3 Å². The molecule has 0 aliphatic heterocycles. The maximum Gasteiger partial charge on any atom is 0.262 e. The SMILES string of the molecule is CCCNCc1cc(S(=O)(=O)Nc2ccccc2Br)cs1. The molecule has 1 heterocycles. The zero-order chi connectivity index (χ0) is 15.3. The largest absolute Gasteiger partial charge is 0.312 e. The van der Waals surface area contributed by atoms with Crippen LogP contribution in [0.1, 0.15) is 18.2 Å². The van der Waals surface area contributed by atoms with Gasteiger partial charge in [-0.2, -0.15) is 0 Å². The van der Waals surface area contributed by atoms with Gasteiger partial charge in [0.2, 0.25) is 0 Å². The van der Waals surface area contributed by atoms with Gasteiger partial charge in [-0.25, -0.2) is 8.42 Å². The molecule has 0 atom stereocenters. The van der Waals surface area contributed by atoms with E-state index in [0.717, 1.165) is 17.8 Å². The molecule has 1 aromatic heterocycles. The Morgan fingerprint density at radius 2 is 2.05 bits per heavy atom. The molecule has 2 rings (SSSR count). The van der Waals surface area contributed by atoms with Gasteiger partial charge in [-0.05, 0) is 47.1 Å². The van der Waals surface area contributed by atoms with E-state index < -0.39 is 10.0 Å². The number of para-hydroxylation sites is 1. The van der Waals surface area contributed by atoms with Crippen molar-refractivity contribution in [2.75, 3.05) is 11.3 Å². The smallest absolute Gasteiger partial charge is 0.262 e. The maximum atomic E-state index is 12.4. The molecule has 4 nitrogen and oxygen atoms in total. The van der Waals surface area contributed by atoms with Crippen LogP contribution in [0.15, 0.2) is 45.1 Å². The van der Waals surface area contributed by atoms with Gasteiger partial charge >= 0.3 is 0 Å². The minimum Gasteiger partial charge on any atom is -0.312 e. The number of hydrogen-bond acceptors (Lipinski definition) is 4. The molecule has 0 bridgehead atoms. The van der Waals surface area contributed by atoms with Crippen LogP contribution in [0.3, 0.4) is 0 Å². The van der Waals surface area contributed by atoms with Gasteiger partial charge in [-0.15, -0.1) is 11.3 Å². The Bertz CT molecular complexity index is 699. The van der Waals surface area contributed by atoms with E-state index in [9.17, 15) is 8.42 Å². The van der Waals surface area contributed by atoms with Crippen LogP contribution in [0.4, 0.5) is 5.69 Å². The molecule has 114 valence electrons. The third-order valence-electron chi connectivity index (χ3n) is 2.78. The molecular weight excluding hydrogens is 372 g/mol. The van der Waals surface area contributed by atoms with Gasteiger partial charge in [-0.3, -0.25) is 4.72 Å². The minimum absolute atomic E-state index is 0.302. The summed E-state index contributed by atoms with van der Waals surface area (Å²) >= 11 is 4.78. The lowest BCUT2D eigenvalue weighted by atomic mass is 10.3. The number of anilines is 1. The Morgan fingerprint density at radius 1 is 1.29 bits per heavy atom. The highest BCUT2D eigenvalue weighted by atomic mass is 79.9. The summed E-state index contributed by atoms with van der Waals surface area (Å²) in [5.41, 5.74) is 0.536. The molecule has 0 aliphatic rings. The Labute approximate surface area is 137 Å². The maximum absolute atomic E-state index is 12.4. The van der Waals surface area contributed by atoms with Gasteiger partial charge in [0.05, 0.1) is 10.6 Å². The van der Waals surface area contributed by atoms with Gasteiger partial charge < -0.3 is 5.32 Å². The van der Waals surface area contributed by atoms with E-state index in [1.54, 1.807) is 29.6 Å². The number of sulfonamides is 1. The molecular formula is C14H17BrN2O2S2. The molecule has 0 fully saturated rings. The van der Waals surface area contributed by atoms with Crippen LogP contribution in [0.2, 0.25) is 0 Å².